The number of hydrogen-bond donors (Lipinski definition) is 2. The van der Waals surface area contributed by atoms with Crippen molar-refractivity contribution < 1.29 is 14.7 Å². The predicted octanol–water partition coefficient (Wildman–Crippen LogP) is 1.85. The Balaban J connectivity index is 1.65. The van der Waals surface area contributed by atoms with Crippen LogP contribution in [0.25, 0.3) is 0 Å². The minimum absolute atomic E-state index is 0.0375. The van der Waals surface area contributed by atoms with Crippen LogP contribution in [0.4, 0.5) is 4.79 Å². The Labute approximate surface area is 170 Å². The number of nitrogens with zero attached hydrogens (tertiary/aromatic N) is 3. The van der Waals surface area contributed by atoms with Crippen molar-refractivity contribution in [3.63, 3.8) is 0 Å². The number of carbonyl (C=O) groups excluding carboxylic acids is 2. The molecule has 2 saturated heterocycles. The highest BCUT2D eigenvalue weighted by Gasteiger charge is 2.68. The monoisotopic (exact) mass is 394 g/mol. The number of aromatic nitrogens is 1. The van der Waals surface area contributed by atoms with Crippen molar-refractivity contribution in [2.24, 2.45) is 0 Å². The van der Waals surface area contributed by atoms with E-state index < -0.39 is 5.54 Å². The Hall–Kier alpha value is -2.93. The summed E-state index contributed by atoms with van der Waals surface area (Å²) in [4.78, 5) is 33.4. The van der Waals surface area contributed by atoms with Crippen LogP contribution in [0.5, 0.6) is 0 Å². The Morgan fingerprint density at radius 3 is 2.45 bits per heavy atom. The molecular weight excluding hydrogens is 368 g/mol. The molecule has 1 spiro atoms. The van der Waals surface area contributed by atoms with Crippen LogP contribution in [-0.2, 0) is 0 Å². The van der Waals surface area contributed by atoms with E-state index in [9.17, 15) is 14.7 Å². The van der Waals surface area contributed by atoms with Crippen LogP contribution < -0.4 is 5.32 Å². The Morgan fingerprint density at radius 1 is 1.17 bits per heavy atom. The van der Waals surface area contributed by atoms with Crippen molar-refractivity contribution in [3.05, 3.63) is 66.0 Å². The van der Waals surface area contributed by atoms with Gasteiger partial charge < -0.3 is 20.2 Å². The minimum Gasteiger partial charge on any atom is -0.394 e. The van der Waals surface area contributed by atoms with Crippen LogP contribution in [0.1, 0.15) is 35.8 Å². The van der Waals surface area contributed by atoms with Crippen molar-refractivity contribution in [2.45, 2.75) is 37.4 Å². The number of urea groups is 1. The normalized spacial score (nSPS) is 22.2. The summed E-state index contributed by atoms with van der Waals surface area (Å²) in [6.45, 7) is 4.56. The summed E-state index contributed by atoms with van der Waals surface area (Å²) < 4.78 is 0. The van der Waals surface area contributed by atoms with Gasteiger partial charge in [-0.1, -0.05) is 36.4 Å². The van der Waals surface area contributed by atoms with Gasteiger partial charge in [-0.2, -0.15) is 0 Å². The molecule has 0 aliphatic carbocycles. The van der Waals surface area contributed by atoms with Gasteiger partial charge in [0.2, 0.25) is 0 Å². The summed E-state index contributed by atoms with van der Waals surface area (Å²) in [5.74, 6) is -0.245. The quantitative estimate of drug-likeness (QED) is 0.829. The maximum atomic E-state index is 13.3. The molecule has 152 valence electrons. The van der Waals surface area contributed by atoms with Gasteiger partial charge in [0, 0.05) is 31.2 Å². The van der Waals surface area contributed by atoms with E-state index >= 15 is 0 Å². The minimum atomic E-state index is -0.530. The summed E-state index contributed by atoms with van der Waals surface area (Å²) in [5.41, 5.74) is 0.889. The van der Waals surface area contributed by atoms with Crippen molar-refractivity contribution in [1.29, 1.82) is 0 Å². The number of pyridine rings is 1. The molecule has 0 radical (unpaired) electrons. The number of rotatable bonds is 4. The summed E-state index contributed by atoms with van der Waals surface area (Å²) in [6.07, 6.45) is 1.59. The Morgan fingerprint density at radius 2 is 1.86 bits per heavy atom. The van der Waals surface area contributed by atoms with Gasteiger partial charge in [-0.15, -0.1) is 0 Å². The van der Waals surface area contributed by atoms with E-state index in [0.29, 0.717) is 18.8 Å². The molecule has 1 aromatic carbocycles. The van der Waals surface area contributed by atoms with Crippen LogP contribution in [0.15, 0.2) is 54.7 Å². The first-order valence-corrected chi connectivity index (χ1v) is 9.94. The maximum absolute atomic E-state index is 13.3. The number of nitrogens with one attached hydrogen (secondary N) is 1. The summed E-state index contributed by atoms with van der Waals surface area (Å²) in [5, 5.41) is 13.0. The van der Waals surface area contributed by atoms with Crippen molar-refractivity contribution in [2.75, 3.05) is 19.7 Å². The number of aliphatic hydroxyl groups excluding tert-OH is 1. The lowest BCUT2D eigenvalue weighted by molar-refractivity contribution is -0.151. The molecule has 4 rings (SSSR count). The van der Waals surface area contributed by atoms with Crippen molar-refractivity contribution >= 4 is 11.9 Å². The molecule has 2 fully saturated rings. The predicted molar refractivity (Wildman–Crippen MR) is 108 cm³/mol. The molecule has 1 aromatic heterocycles. The zero-order valence-electron chi connectivity index (χ0n) is 16.7. The van der Waals surface area contributed by atoms with Gasteiger partial charge in [0.25, 0.3) is 5.91 Å². The number of benzene rings is 1. The number of likely N-dealkylation sites (tertiary alicyclic amines) is 2. The molecule has 7 nitrogen and oxygen atoms in total. The third-order valence-corrected chi connectivity index (χ3v) is 5.85. The van der Waals surface area contributed by atoms with Gasteiger partial charge in [-0.3, -0.25) is 9.78 Å². The SMILES string of the molecule is CC(C)NC(=O)N1CC2(C1)[C@@H](c1ccccc1)[C@@H](CO)N2C(=O)c1ccccn1. The van der Waals surface area contributed by atoms with Gasteiger partial charge >= 0.3 is 6.03 Å². The lowest BCUT2D eigenvalue weighted by atomic mass is 9.60. The van der Waals surface area contributed by atoms with Crippen LogP contribution in [-0.4, -0.2) is 69.1 Å². The number of carbonyl (C=O) groups is 2. The zero-order valence-corrected chi connectivity index (χ0v) is 16.7. The van der Waals surface area contributed by atoms with Crippen LogP contribution in [0.3, 0.4) is 0 Å². The van der Waals surface area contributed by atoms with Gasteiger partial charge in [0.1, 0.15) is 5.69 Å². The summed E-state index contributed by atoms with van der Waals surface area (Å²) in [6, 6.07) is 14.7. The second-order valence-corrected chi connectivity index (χ2v) is 8.09. The van der Waals surface area contributed by atoms with E-state index in [1.54, 1.807) is 34.2 Å². The second kappa shape index (κ2) is 7.48. The lowest BCUT2D eigenvalue weighted by Crippen LogP contribution is -2.86. The molecule has 29 heavy (non-hydrogen) atoms. The van der Waals surface area contributed by atoms with Crippen LogP contribution in [0, 0.1) is 0 Å². The average Bonchev–Trinajstić information content (AvgIpc) is 2.67. The zero-order chi connectivity index (χ0) is 20.6. The fraction of sp³-hybridized carbons (Fsp3) is 0.409. The smallest absolute Gasteiger partial charge is 0.317 e. The Kier molecular flexibility index (Phi) is 5.00. The highest BCUT2D eigenvalue weighted by Crippen LogP contribution is 2.54. The standard InChI is InChI=1S/C22H26N4O3/c1-15(2)24-21(29)25-13-22(14-25)19(16-8-4-3-5-9-16)18(12-27)26(22)20(28)17-10-6-7-11-23-17/h3-11,15,18-19,27H,12-14H2,1-2H3,(H,24,29)/t18-,19+/m1/s1. The molecule has 2 N–H and O–H groups in total. The van der Waals surface area contributed by atoms with Crippen molar-refractivity contribution in [1.82, 2.24) is 20.1 Å². The van der Waals surface area contributed by atoms with E-state index in [4.69, 9.17) is 0 Å². The molecule has 3 heterocycles. The van der Waals surface area contributed by atoms with E-state index in [0.717, 1.165) is 5.56 Å². The van der Waals surface area contributed by atoms with Gasteiger partial charge in [-0.05, 0) is 31.5 Å². The van der Waals surface area contributed by atoms with E-state index in [1.165, 1.54) is 0 Å². The lowest BCUT2D eigenvalue weighted by Gasteiger charge is -2.70. The molecular formula is C22H26N4O3. The molecule has 7 heteroatoms. The molecule has 2 aliphatic rings. The van der Waals surface area contributed by atoms with Gasteiger partial charge in [-0.25, -0.2) is 4.79 Å². The maximum Gasteiger partial charge on any atom is 0.317 e. The topological polar surface area (TPSA) is 85.8 Å². The van der Waals surface area contributed by atoms with E-state index in [2.05, 4.69) is 10.3 Å². The Bertz CT molecular complexity index is 881. The van der Waals surface area contributed by atoms with Crippen molar-refractivity contribution in [3.8, 4) is 0 Å². The average molecular weight is 394 g/mol. The largest absolute Gasteiger partial charge is 0.394 e. The van der Waals surface area contributed by atoms with Crippen LogP contribution in [0.2, 0.25) is 0 Å². The third kappa shape index (κ3) is 3.15. The fourth-order valence-corrected chi connectivity index (χ4v) is 4.70. The molecule has 2 atom stereocenters. The summed E-state index contributed by atoms with van der Waals surface area (Å²) in [7, 11) is 0. The second-order valence-electron chi connectivity index (χ2n) is 8.09. The molecule has 0 saturated carbocycles. The fourth-order valence-electron chi connectivity index (χ4n) is 4.70. The summed E-state index contributed by atoms with van der Waals surface area (Å²) >= 11 is 0. The first-order chi connectivity index (χ1) is 14.0. The number of amides is 3. The highest BCUT2D eigenvalue weighted by molar-refractivity contribution is 5.95. The first kappa shape index (κ1) is 19.4. The third-order valence-electron chi connectivity index (χ3n) is 5.85. The van der Waals surface area contributed by atoms with Gasteiger partial charge in [0.05, 0.1) is 18.2 Å². The van der Waals surface area contributed by atoms with E-state index in [-0.39, 0.29) is 36.5 Å². The molecule has 3 amide bonds. The molecule has 2 aromatic rings. The first-order valence-electron chi connectivity index (χ1n) is 9.94. The molecule has 0 unspecified atom stereocenters. The van der Waals surface area contributed by atoms with Gasteiger partial charge in [0.15, 0.2) is 0 Å². The number of aliphatic hydroxyl groups is 1. The molecule has 0 bridgehead atoms. The number of hydrogen-bond acceptors (Lipinski definition) is 4. The van der Waals surface area contributed by atoms with E-state index in [1.807, 2.05) is 44.2 Å². The highest BCUT2D eigenvalue weighted by atomic mass is 16.3. The van der Waals surface area contributed by atoms with Crippen LogP contribution >= 0.6 is 0 Å². The molecule has 2 aliphatic heterocycles.